The van der Waals surface area contributed by atoms with Crippen LogP contribution in [0.2, 0.25) is 0 Å². The molecule has 86 heavy (non-hydrogen) atoms. The lowest BCUT2D eigenvalue weighted by Gasteiger charge is -2.32. The standard InChI is InChI=1S/C54H84N14O17.CH4/c1-8-28(6)37(48(78)66-38(29(7)70)47(77)60-23-35(71)64-41(43(73)44(56)74)51(81)63-34(24-69)52(82)83)65-45(75)32(20-15-21-59-53(57)58)61-46(76)33(22-26(2)3)62-50(80)40(42(72)27(4)5)67-49(79)39(36(55)31-18-13-10-14-19-31)68-54(84)85-25-30-16-11-9-12-17-30;/h9-14,16-19,26-29,32-34,36-43,69-70,72-73H,8,15,20-25,55H2,1-7H3,(H2,56,74)(H,60,77)(H,61,76)(H,62,80)(H,63,81)(H,64,71)(H,65,75)(H,66,78)(H,67,79)(H,68,84)(H,82,83)(H4,57,58,59);1H4/t28-,29-,32+,33-,34-,36+,37-,38-,39-,40-,41-,42+,43-;/m0./s1. The molecule has 0 aliphatic rings. The smallest absolute Gasteiger partial charge is 0.408 e. The maximum atomic E-state index is 14.4. The molecule has 2 aromatic rings. The molecule has 22 N–H and O–H groups in total. The highest BCUT2D eigenvalue weighted by Gasteiger charge is 2.40. The number of hydrogen-bond donors (Lipinski definition) is 18. The van der Waals surface area contributed by atoms with Gasteiger partial charge in [-0.25, -0.2) is 9.59 Å². The molecule has 0 aliphatic carbocycles. The number of primary amides is 1. The fourth-order valence-electron chi connectivity index (χ4n) is 8.03. The van der Waals surface area contributed by atoms with Crippen LogP contribution < -0.4 is 70.8 Å². The first kappa shape index (κ1) is 75.5. The van der Waals surface area contributed by atoms with Gasteiger partial charge in [0.15, 0.2) is 12.1 Å². The summed E-state index contributed by atoms with van der Waals surface area (Å²) in [6.07, 6.45) is -6.71. The fourth-order valence-corrected chi connectivity index (χ4v) is 8.03. The molecular formula is C55H88N14O17. The Bertz CT molecular complexity index is 2590. The number of carbonyl (C=O) groups is 11. The van der Waals surface area contributed by atoms with Gasteiger partial charge < -0.3 is 101 Å². The summed E-state index contributed by atoms with van der Waals surface area (Å²) < 4.78 is 5.37. The Morgan fingerprint density at radius 1 is 0.605 bits per heavy atom. The zero-order chi connectivity index (χ0) is 64.2. The highest BCUT2D eigenvalue weighted by molar-refractivity contribution is 5.99. The molecule has 13 atom stereocenters. The molecule has 0 saturated heterocycles. The van der Waals surface area contributed by atoms with E-state index < -0.39 is 163 Å². The number of nitrogens with one attached hydrogen (secondary N) is 9. The van der Waals surface area contributed by atoms with E-state index in [-0.39, 0.29) is 58.1 Å². The number of carboxylic acids is 1. The molecule has 0 radical (unpaired) electrons. The van der Waals surface area contributed by atoms with E-state index in [1.807, 2.05) is 5.32 Å². The summed E-state index contributed by atoms with van der Waals surface area (Å²) in [6.45, 7) is 8.54. The lowest BCUT2D eigenvalue weighted by atomic mass is 9.95. The number of nitrogens with two attached hydrogens (primary N) is 4. The molecule has 0 unspecified atom stereocenters. The van der Waals surface area contributed by atoms with Crippen LogP contribution in [0.3, 0.4) is 0 Å². The van der Waals surface area contributed by atoms with Crippen LogP contribution in [0.5, 0.6) is 0 Å². The van der Waals surface area contributed by atoms with Gasteiger partial charge in [-0.05, 0) is 55.1 Å². The minimum absolute atomic E-state index is 0. The normalized spacial score (nSPS) is 15.6. The van der Waals surface area contributed by atoms with E-state index in [0.717, 1.165) is 6.92 Å². The number of hydrogen-bond acceptors (Lipinski definition) is 18. The zero-order valence-corrected chi connectivity index (χ0v) is 48.5. The first-order valence-electron chi connectivity index (χ1n) is 27.3. The summed E-state index contributed by atoms with van der Waals surface area (Å²) in [7, 11) is 0. The van der Waals surface area contributed by atoms with Gasteiger partial charge in [-0.15, -0.1) is 0 Å². The van der Waals surface area contributed by atoms with Crippen LogP contribution in [0.25, 0.3) is 0 Å². The Morgan fingerprint density at radius 2 is 1.12 bits per heavy atom. The molecule has 0 heterocycles. The summed E-state index contributed by atoms with van der Waals surface area (Å²) in [6, 6.07) is 1.90. The van der Waals surface area contributed by atoms with Crippen molar-refractivity contribution < 1.29 is 83.0 Å². The van der Waals surface area contributed by atoms with Gasteiger partial charge in [-0.3, -0.25) is 48.1 Å². The number of aliphatic hydroxyl groups is 4. The Morgan fingerprint density at radius 3 is 1.64 bits per heavy atom. The van der Waals surface area contributed by atoms with Crippen LogP contribution in [0.15, 0.2) is 65.7 Å². The third-order valence-corrected chi connectivity index (χ3v) is 13.1. The van der Waals surface area contributed by atoms with Crippen LogP contribution in [0.4, 0.5) is 4.79 Å². The number of alkyl carbamates (subject to hydrolysis) is 1. The van der Waals surface area contributed by atoms with E-state index in [9.17, 15) is 78.3 Å². The second-order valence-electron chi connectivity index (χ2n) is 20.8. The second-order valence-corrected chi connectivity index (χ2v) is 20.8. The second kappa shape index (κ2) is 37.7. The van der Waals surface area contributed by atoms with E-state index in [1.54, 1.807) is 108 Å². The lowest BCUT2D eigenvalue weighted by Crippen LogP contribution is -2.63. The van der Waals surface area contributed by atoms with E-state index in [2.05, 4.69) is 42.2 Å². The number of carboxylic acid groups (broad SMARTS) is 1. The van der Waals surface area contributed by atoms with Crippen molar-refractivity contribution >= 4 is 71.2 Å². The number of guanidine groups is 1. The van der Waals surface area contributed by atoms with Crippen LogP contribution in [0.1, 0.15) is 98.7 Å². The van der Waals surface area contributed by atoms with Gasteiger partial charge in [-0.2, -0.15) is 0 Å². The molecule has 0 aromatic heterocycles. The van der Waals surface area contributed by atoms with Gasteiger partial charge in [-0.1, -0.05) is 116 Å². The Kier molecular flexibility index (Phi) is 33.1. The van der Waals surface area contributed by atoms with Gasteiger partial charge in [0.1, 0.15) is 54.9 Å². The molecule has 0 saturated carbocycles. The Balaban J connectivity index is 0.0000370. The molecule has 480 valence electrons. The molecule has 31 heteroatoms. The van der Waals surface area contributed by atoms with Crippen molar-refractivity contribution in [2.75, 3.05) is 19.7 Å². The molecule has 0 spiro atoms. The van der Waals surface area contributed by atoms with Crippen molar-refractivity contribution in [2.45, 2.75) is 161 Å². The number of aliphatic imine (C=N–C) groups is 1. The van der Waals surface area contributed by atoms with Crippen LogP contribution in [-0.4, -0.2) is 183 Å². The summed E-state index contributed by atoms with van der Waals surface area (Å²) in [4.78, 5) is 151. The SMILES string of the molecule is C.CC[C@H](C)[C@H](NC(=O)[C@@H](CCCN=C(N)N)NC(=O)[C@H](CC(C)C)NC(=O)[C@@H](NC(=O)[C@@H](NC(=O)OCc1ccccc1)[C@H](N)c1ccccc1)[C@H](O)C(C)C)C(=O)N[C@H](C(=O)NCC(=O)N[C@H](C(=O)N[C@@H](CO)C(=O)O)[C@H](O)C(N)=O)[C@H](C)O. The predicted molar refractivity (Wildman–Crippen MR) is 311 cm³/mol. The van der Waals surface area contributed by atoms with E-state index in [1.165, 1.54) is 0 Å². The van der Waals surface area contributed by atoms with Crippen molar-refractivity contribution in [3.63, 3.8) is 0 Å². The average molecular weight is 1220 g/mol. The van der Waals surface area contributed by atoms with Crippen molar-refractivity contribution in [3.8, 4) is 0 Å². The Hall–Kier alpha value is -8.52. The highest BCUT2D eigenvalue weighted by Crippen LogP contribution is 2.18. The minimum atomic E-state index is -2.43. The Labute approximate surface area is 498 Å². The molecule has 0 fully saturated rings. The summed E-state index contributed by atoms with van der Waals surface area (Å²) in [5, 5.41) is 71.7. The first-order chi connectivity index (χ1) is 39.9. The number of benzene rings is 2. The quantitative estimate of drug-likeness (QED) is 0.0174. The number of nitrogens with zero attached hydrogens (tertiary/aromatic N) is 1. The van der Waals surface area contributed by atoms with Gasteiger partial charge in [0, 0.05) is 6.54 Å². The maximum Gasteiger partial charge on any atom is 0.408 e. The van der Waals surface area contributed by atoms with Crippen LogP contribution >= 0.6 is 0 Å². The molecule has 31 nitrogen and oxygen atoms in total. The number of aliphatic carboxylic acids is 1. The minimum Gasteiger partial charge on any atom is -0.480 e. The van der Waals surface area contributed by atoms with Crippen LogP contribution in [-0.2, 0) is 59.3 Å². The van der Waals surface area contributed by atoms with E-state index in [4.69, 9.17) is 27.7 Å². The number of ether oxygens (including phenoxy) is 1. The monoisotopic (exact) mass is 1220 g/mol. The predicted octanol–water partition coefficient (Wildman–Crippen LogP) is -4.41. The third-order valence-electron chi connectivity index (χ3n) is 13.1. The van der Waals surface area contributed by atoms with Crippen molar-refractivity contribution in [2.24, 2.45) is 45.7 Å². The number of rotatable bonds is 36. The molecule has 0 aliphatic heterocycles. The van der Waals surface area contributed by atoms with Gasteiger partial charge >= 0.3 is 12.1 Å². The molecule has 0 bridgehead atoms. The molecule has 10 amide bonds. The van der Waals surface area contributed by atoms with E-state index in [0.29, 0.717) is 11.1 Å². The van der Waals surface area contributed by atoms with Gasteiger partial charge in [0.2, 0.25) is 53.2 Å². The molecule has 2 rings (SSSR count). The first-order valence-corrected chi connectivity index (χ1v) is 27.3. The van der Waals surface area contributed by atoms with Crippen molar-refractivity contribution in [1.82, 2.24) is 47.9 Å². The highest BCUT2D eigenvalue weighted by atomic mass is 16.5. The third kappa shape index (κ3) is 25.4. The molecule has 2 aromatic carbocycles. The lowest BCUT2D eigenvalue weighted by molar-refractivity contribution is -0.145. The summed E-state index contributed by atoms with van der Waals surface area (Å²) >= 11 is 0. The number of carbonyl (C=O) groups excluding carboxylic acids is 10. The zero-order valence-electron chi connectivity index (χ0n) is 48.5. The summed E-state index contributed by atoms with van der Waals surface area (Å²) in [5.41, 5.74) is 23.8. The fraction of sp³-hybridized carbons (Fsp3) is 0.564. The van der Waals surface area contributed by atoms with Crippen LogP contribution in [0, 0.1) is 17.8 Å². The average Bonchev–Trinajstić information content (AvgIpc) is 2.91. The van der Waals surface area contributed by atoms with Crippen molar-refractivity contribution in [3.05, 3.63) is 71.8 Å². The number of aliphatic hydroxyl groups excluding tert-OH is 4. The maximum absolute atomic E-state index is 14.4. The van der Waals surface area contributed by atoms with Gasteiger partial charge in [0.25, 0.3) is 0 Å². The van der Waals surface area contributed by atoms with Gasteiger partial charge in [0.05, 0.1) is 31.4 Å². The largest absolute Gasteiger partial charge is 0.480 e. The molecular weight excluding hydrogens is 1130 g/mol. The van der Waals surface area contributed by atoms with Crippen molar-refractivity contribution in [1.29, 1.82) is 0 Å². The topological polar surface area (TPSA) is 523 Å². The van der Waals surface area contributed by atoms with E-state index >= 15 is 0 Å². The summed E-state index contributed by atoms with van der Waals surface area (Å²) in [5.74, 6) is -14.1. The number of amides is 10.